The highest BCUT2D eigenvalue weighted by Crippen LogP contribution is 2.21. The van der Waals surface area contributed by atoms with E-state index in [4.69, 9.17) is 0 Å². The summed E-state index contributed by atoms with van der Waals surface area (Å²) < 4.78 is 0. The maximum absolute atomic E-state index is 12.3. The second-order valence-electron chi connectivity index (χ2n) is 6.18. The highest BCUT2D eigenvalue weighted by molar-refractivity contribution is 5.96. The molecule has 0 bridgehead atoms. The third-order valence-electron chi connectivity index (χ3n) is 4.49. The molecule has 3 rings (SSSR count). The summed E-state index contributed by atoms with van der Waals surface area (Å²) in [6.45, 7) is 0. The Balaban J connectivity index is 1.80. The minimum atomic E-state index is -1.01. The van der Waals surface area contributed by atoms with Gasteiger partial charge in [0.25, 0.3) is 0 Å². The number of carboxylic acid groups (broad SMARTS) is 1. The summed E-state index contributed by atoms with van der Waals surface area (Å²) in [6.07, 6.45) is 5.90. The van der Waals surface area contributed by atoms with Crippen LogP contribution in [0.4, 0.5) is 0 Å². The lowest BCUT2D eigenvalue weighted by Gasteiger charge is -2.18. The van der Waals surface area contributed by atoms with Gasteiger partial charge in [-0.3, -0.25) is 4.79 Å². The Labute approximate surface area is 141 Å². The smallest absolute Gasteiger partial charge is 0.326 e. The maximum Gasteiger partial charge on any atom is 0.326 e. The molecule has 0 fully saturated rings. The van der Waals surface area contributed by atoms with Gasteiger partial charge in [0.15, 0.2) is 0 Å². The molecular formula is C20H21NO3. The number of nitrogens with one attached hydrogen (secondary N) is 1. The van der Waals surface area contributed by atoms with E-state index in [9.17, 15) is 14.7 Å². The Kier molecular flexibility index (Phi) is 4.94. The van der Waals surface area contributed by atoms with Gasteiger partial charge in [-0.25, -0.2) is 4.79 Å². The van der Waals surface area contributed by atoms with Crippen LogP contribution in [0.2, 0.25) is 0 Å². The number of carbonyl (C=O) groups excluding carboxylic acids is 1. The van der Waals surface area contributed by atoms with Crippen molar-refractivity contribution >= 4 is 22.6 Å². The molecule has 2 aromatic carbocycles. The Bertz CT molecular complexity index is 789. The van der Waals surface area contributed by atoms with E-state index in [0.717, 1.165) is 42.0 Å². The average molecular weight is 323 g/mol. The van der Waals surface area contributed by atoms with Crippen LogP contribution in [0.25, 0.3) is 10.8 Å². The quantitative estimate of drug-likeness (QED) is 0.885. The normalized spacial score (nSPS) is 15.6. The molecule has 0 aromatic heterocycles. The van der Waals surface area contributed by atoms with Gasteiger partial charge in [-0.2, -0.15) is 0 Å². The molecule has 0 heterocycles. The first-order valence-corrected chi connectivity index (χ1v) is 8.34. The summed E-state index contributed by atoms with van der Waals surface area (Å²) in [5, 5.41) is 14.3. The van der Waals surface area contributed by atoms with Crippen molar-refractivity contribution in [2.24, 2.45) is 0 Å². The summed E-state index contributed by atoms with van der Waals surface area (Å²) >= 11 is 0. The first-order valence-electron chi connectivity index (χ1n) is 8.34. The van der Waals surface area contributed by atoms with Crippen LogP contribution >= 0.6 is 0 Å². The SMILES string of the molecule is O=C(N[C@@H](Cc1cccc2ccccc12)C(=O)O)C1=CCCCC1. The number of benzene rings is 2. The van der Waals surface area contributed by atoms with E-state index in [1.165, 1.54) is 0 Å². The standard InChI is InChI=1S/C20H21NO3/c22-19(15-8-2-1-3-9-15)21-18(20(23)24)13-16-11-6-10-14-7-4-5-12-17(14)16/h4-8,10-12,18H,1-3,9,13H2,(H,21,22)(H,23,24)/t18-/m0/s1. The van der Waals surface area contributed by atoms with E-state index in [-0.39, 0.29) is 12.3 Å². The van der Waals surface area contributed by atoms with E-state index < -0.39 is 12.0 Å². The summed E-state index contributed by atoms with van der Waals surface area (Å²) in [4.78, 5) is 23.9. The fraction of sp³-hybridized carbons (Fsp3) is 0.300. The number of aliphatic carboxylic acids is 1. The molecule has 0 saturated heterocycles. The number of allylic oxidation sites excluding steroid dienone is 1. The van der Waals surface area contributed by atoms with Crippen LogP contribution in [0.15, 0.2) is 54.1 Å². The lowest BCUT2D eigenvalue weighted by atomic mass is 9.97. The van der Waals surface area contributed by atoms with Crippen LogP contribution in [-0.4, -0.2) is 23.0 Å². The molecule has 4 heteroatoms. The molecule has 24 heavy (non-hydrogen) atoms. The van der Waals surface area contributed by atoms with E-state index in [2.05, 4.69) is 5.32 Å². The number of amides is 1. The van der Waals surface area contributed by atoms with Gasteiger partial charge in [0.05, 0.1) is 0 Å². The van der Waals surface area contributed by atoms with Crippen molar-refractivity contribution in [1.29, 1.82) is 0 Å². The zero-order valence-corrected chi connectivity index (χ0v) is 13.5. The number of hydrogen-bond donors (Lipinski definition) is 2. The van der Waals surface area contributed by atoms with E-state index in [1.54, 1.807) is 0 Å². The van der Waals surface area contributed by atoms with Gasteiger partial charge in [-0.05, 0) is 42.0 Å². The van der Waals surface area contributed by atoms with Crippen LogP contribution in [0.1, 0.15) is 31.2 Å². The van der Waals surface area contributed by atoms with Gasteiger partial charge in [0.1, 0.15) is 6.04 Å². The van der Waals surface area contributed by atoms with Crippen molar-refractivity contribution in [3.8, 4) is 0 Å². The van der Waals surface area contributed by atoms with Crippen molar-refractivity contribution in [3.05, 3.63) is 59.7 Å². The number of fused-ring (bicyclic) bond motifs is 1. The number of hydrogen-bond acceptors (Lipinski definition) is 2. The summed E-state index contributed by atoms with van der Waals surface area (Å²) in [6, 6.07) is 12.8. The van der Waals surface area contributed by atoms with Crippen LogP contribution in [0, 0.1) is 0 Å². The maximum atomic E-state index is 12.3. The van der Waals surface area contributed by atoms with Crippen LogP contribution in [-0.2, 0) is 16.0 Å². The van der Waals surface area contributed by atoms with E-state index in [0.29, 0.717) is 5.57 Å². The van der Waals surface area contributed by atoms with Crippen molar-refractivity contribution < 1.29 is 14.7 Å². The molecule has 124 valence electrons. The largest absolute Gasteiger partial charge is 0.480 e. The highest BCUT2D eigenvalue weighted by Gasteiger charge is 2.23. The van der Waals surface area contributed by atoms with Crippen molar-refractivity contribution in [2.75, 3.05) is 0 Å². The predicted octanol–water partition coefficient (Wildman–Crippen LogP) is 3.45. The Morgan fingerprint density at radius 3 is 2.62 bits per heavy atom. The molecule has 1 aliphatic carbocycles. The molecule has 1 amide bonds. The molecule has 1 atom stereocenters. The molecule has 0 radical (unpaired) electrons. The minimum Gasteiger partial charge on any atom is -0.480 e. The molecule has 4 nitrogen and oxygen atoms in total. The van der Waals surface area contributed by atoms with Crippen LogP contribution < -0.4 is 5.32 Å². The summed E-state index contributed by atoms with van der Waals surface area (Å²) in [5.41, 5.74) is 1.64. The predicted molar refractivity (Wildman–Crippen MR) is 93.8 cm³/mol. The zero-order valence-electron chi connectivity index (χ0n) is 13.5. The van der Waals surface area contributed by atoms with Crippen molar-refractivity contribution in [2.45, 2.75) is 38.1 Å². The third kappa shape index (κ3) is 3.65. The first kappa shape index (κ1) is 16.2. The lowest BCUT2D eigenvalue weighted by molar-refractivity contribution is -0.141. The monoisotopic (exact) mass is 323 g/mol. The van der Waals surface area contributed by atoms with Gasteiger partial charge >= 0.3 is 5.97 Å². The number of carbonyl (C=O) groups is 2. The second kappa shape index (κ2) is 7.30. The van der Waals surface area contributed by atoms with Crippen molar-refractivity contribution in [1.82, 2.24) is 5.32 Å². The molecular weight excluding hydrogens is 302 g/mol. The molecule has 0 spiro atoms. The van der Waals surface area contributed by atoms with E-state index >= 15 is 0 Å². The second-order valence-corrected chi connectivity index (χ2v) is 6.18. The Hall–Kier alpha value is -2.62. The Morgan fingerprint density at radius 2 is 1.88 bits per heavy atom. The molecule has 2 aromatic rings. The minimum absolute atomic E-state index is 0.248. The molecule has 1 aliphatic rings. The number of rotatable bonds is 5. The lowest BCUT2D eigenvalue weighted by Crippen LogP contribution is -2.43. The zero-order chi connectivity index (χ0) is 16.9. The van der Waals surface area contributed by atoms with Gasteiger partial charge in [0, 0.05) is 12.0 Å². The Morgan fingerprint density at radius 1 is 1.08 bits per heavy atom. The molecule has 0 unspecified atom stereocenters. The van der Waals surface area contributed by atoms with E-state index in [1.807, 2.05) is 48.5 Å². The van der Waals surface area contributed by atoms with Gasteiger partial charge in [-0.15, -0.1) is 0 Å². The summed E-state index contributed by atoms with van der Waals surface area (Å²) in [5.74, 6) is -1.25. The molecule has 0 saturated carbocycles. The van der Waals surface area contributed by atoms with Gasteiger partial charge in [0.2, 0.25) is 5.91 Å². The van der Waals surface area contributed by atoms with Crippen LogP contribution in [0.3, 0.4) is 0 Å². The van der Waals surface area contributed by atoms with Gasteiger partial charge in [-0.1, -0.05) is 48.5 Å². The fourth-order valence-electron chi connectivity index (χ4n) is 3.19. The third-order valence-corrected chi connectivity index (χ3v) is 4.49. The van der Waals surface area contributed by atoms with Gasteiger partial charge < -0.3 is 10.4 Å². The van der Waals surface area contributed by atoms with Crippen molar-refractivity contribution in [3.63, 3.8) is 0 Å². The summed E-state index contributed by atoms with van der Waals surface area (Å²) in [7, 11) is 0. The highest BCUT2D eigenvalue weighted by atomic mass is 16.4. The molecule has 0 aliphatic heterocycles. The fourth-order valence-corrected chi connectivity index (χ4v) is 3.19. The topological polar surface area (TPSA) is 66.4 Å². The number of carboxylic acids is 1. The molecule has 2 N–H and O–H groups in total. The first-order chi connectivity index (χ1) is 11.6. The van der Waals surface area contributed by atoms with Crippen LogP contribution in [0.5, 0.6) is 0 Å². The average Bonchev–Trinajstić information content (AvgIpc) is 2.62.